The van der Waals surface area contributed by atoms with Crippen LogP contribution in [0.2, 0.25) is 0 Å². The third-order valence-corrected chi connectivity index (χ3v) is 8.98. The predicted molar refractivity (Wildman–Crippen MR) is 181 cm³/mol. The minimum atomic E-state index is -0.640. The van der Waals surface area contributed by atoms with Gasteiger partial charge in [0.15, 0.2) is 0 Å². The van der Waals surface area contributed by atoms with Crippen LogP contribution in [0.1, 0.15) is 72.9 Å². The first-order chi connectivity index (χ1) is 20.9. The smallest absolute Gasteiger partial charge is 0.240 e. The molecule has 0 aromatic heterocycles. The van der Waals surface area contributed by atoms with Gasteiger partial charge in [0.2, 0.25) is 11.8 Å². The van der Waals surface area contributed by atoms with Gasteiger partial charge in [-0.15, -0.1) is 0 Å². The lowest BCUT2D eigenvalue weighted by Gasteiger charge is -2.48. The van der Waals surface area contributed by atoms with Crippen molar-refractivity contribution < 1.29 is 9.59 Å². The van der Waals surface area contributed by atoms with Gasteiger partial charge < -0.3 is 32.3 Å². The van der Waals surface area contributed by atoms with Crippen LogP contribution in [0.3, 0.4) is 0 Å². The van der Waals surface area contributed by atoms with Crippen LogP contribution in [0.15, 0.2) is 36.4 Å². The number of carbonyl (C=O) groups excluding carboxylic acids is 2. The molecular weight excluding hydrogens is 548 g/mol. The van der Waals surface area contributed by atoms with Gasteiger partial charge in [-0.25, -0.2) is 0 Å². The normalized spacial score (nSPS) is 18.5. The molecule has 7 N–H and O–H groups in total. The lowest BCUT2D eigenvalue weighted by atomic mass is 9.92. The fourth-order valence-electron chi connectivity index (χ4n) is 6.56. The van der Waals surface area contributed by atoms with E-state index in [2.05, 4.69) is 83.3 Å². The zero-order valence-electron chi connectivity index (χ0n) is 28.1. The van der Waals surface area contributed by atoms with Gasteiger partial charge in [-0.05, 0) is 94.5 Å². The number of hydrogen-bond donors (Lipinski definition) is 4. The second-order valence-corrected chi connectivity index (χ2v) is 13.4. The summed E-state index contributed by atoms with van der Waals surface area (Å²) in [6.45, 7) is 15.9. The Morgan fingerprint density at radius 2 is 1.30 bits per heavy atom. The van der Waals surface area contributed by atoms with Crippen molar-refractivity contribution in [3.05, 3.63) is 69.8 Å². The van der Waals surface area contributed by atoms with Gasteiger partial charge in [0, 0.05) is 38.3 Å². The highest BCUT2D eigenvalue weighted by Gasteiger charge is 2.41. The number of rotatable bonds is 15. The maximum atomic E-state index is 14.1. The van der Waals surface area contributed by atoms with Crippen molar-refractivity contribution in [3.8, 4) is 0 Å². The Hall–Kier alpha value is -2.78. The van der Waals surface area contributed by atoms with Crippen LogP contribution < -0.4 is 22.5 Å². The predicted octanol–water partition coefficient (Wildman–Crippen LogP) is 3.53. The Labute approximate surface area is 266 Å². The molecule has 1 aliphatic rings. The SMILES string of the molecule is Cc1ccc(C[C@@H](N)C(=O)N2C[C@H](CCCCNCCN)N(C(=O)[C@H](N)Cc3ccc(C)cc3C)C[C@H]2CC(C)C)c(C)c1. The summed E-state index contributed by atoms with van der Waals surface area (Å²) >= 11 is 0. The highest BCUT2D eigenvalue weighted by atomic mass is 16.2. The number of aryl methyl sites for hydroxylation is 4. The fourth-order valence-corrected chi connectivity index (χ4v) is 6.56. The summed E-state index contributed by atoms with van der Waals surface area (Å²) in [5.74, 6) is 0.297. The van der Waals surface area contributed by atoms with Crippen LogP contribution >= 0.6 is 0 Å². The first kappa shape index (κ1) is 35.7. The first-order valence-electron chi connectivity index (χ1n) is 16.6. The fraction of sp³-hybridized carbons (Fsp3) is 0.611. The highest BCUT2D eigenvalue weighted by molar-refractivity contribution is 5.85. The molecule has 4 atom stereocenters. The lowest BCUT2D eigenvalue weighted by Crippen LogP contribution is -2.65. The Bertz CT molecular complexity index is 1230. The molecule has 1 aliphatic heterocycles. The van der Waals surface area contributed by atoms with Gasteiger partial charge in [-0.1, -0.05) is 67.8 Å². The number of nitrogens with two attached hydrogens (primary N) is 3. The molecule has 0 aliphatic carbocycles. The van der Waals surface area contributed by atoms with E-state index in [4.69, 9.17) is 17.2 Å². The second kappa shape index (κ2) is 17.1. The zero-order valence-corrected chi connectivity index (χ0v) is 28.1. The number of benzene rings is 2. The Morgan fingerprint density at radius 1 is 0.795 bits per heavy atom. The summed E-state index contributed by atoms with van der Waals surface area (Å²) in [7, 11) is 0. The largest absolute Gasteiger partial charge is 0.335 e. The number of unbranched alkanes of at least 4 members (excludes halogenated alkanes) is 1. The molecule has 44 heavy (non-hydrogen) atoms. The van der Waals surface area contributed by atoms with Crippen LogP contribution in [0.4, 0.5) is 0 Å². The van der Waals surface area contributed by atoms with Gasteiger partial charge in [0.1, 0.15) is 0 Å². The molecule has 2 aromatic rings. The quantitative estimate of drug-likeness (QED) is 0.230. The van der Waals surface area contributed by atoms with Gasteiger partial charge in [0.25, 0.3) is 0 Å². The van der Waals surface area contributed by atoms with E-state index >= 15 is 0 Å². The number of carbonyl (C=O) groups is 2. The summed E-state index contributed by atoms with van der Waals surface area (Å²) in [5, 5.41) is 3.36. The molecule has 0 radical (unpaired) electrons. The van der Waals surface area contributed by atoms with E-state index < -0.39 is 12.1 Å². The van der Waals surface area contributed by atoms with Gasteiger partial charge in [-0.3, -0.25) is 9.59 Å². The Morgan fingerprint density at radius 3 is 1.77 bits per heavy atom. The summed E-state index contributed by atoms with van der Waals surface area (Å²) in [6, 6.07) is 11.1. The number of piperazine rings is 1. The van der Waals surface area contributed by atoms with Crippen LogP contribution in [0, 0.1) is 33.6 Å². The third-order valence-electron chi connectivity index (χ3n) is 8.98. The van der Waals surface area contributed by atoms with Crippen molar-refractivity contribution in [1.29, 1.82) is 0 Å². The van der Waals surface area contributed by atoms with E-state index in [0.29, 0.717) is 38.4 Å². The molecule has 2 aromatic carbocycles. The number of hydrogen-bond acceptors (Lipinski definition) is 6. The maximum Gasteiger partial charge on any atom is 0.240 e. The van der Waals surface area contributed by atoms with Crippen molar-refractivity contribution in [2.24, 2.45) is 23.1 Å². The third kappa shape index (κ3) is 10.1. The summed E-state index contributed by atoms with van der Waals surface area (Å²) in [4.78, 5) is 32.1. The molecule has 0 spiro atoms. The topological polar surface area (TPSA) is 131 Å². The minimum absolute atomic E-state index is 0.0306. The first-order valence-corrected chi connectivity index (χ1v) is 16.6. The van der Waals surface area contributed by atoms with Crippen molar-refractivity contribution >= 4 is 11.8 Å². The molecule has 1 saturated heterocycles. The monoisotopic (exact) mass is 606 g/mol. The molecule has 8 nitrogen and oxygen atoms in total. The van der Waals surface area contributed by atoms with E-state index in [0.717, 1.165) is 61.0 Å². The van der Waals surface area contributed by atoms with E-state index in [1.54, 1.807) is 0 Å². The molecule has 0 unspecified atom stereocenters. The second-order valence-electron chi connectivity index (χ2n) is 13.4. The lowest BCUT2D eigenvalue weighted by molar-refractivity contribution is -0.149. The molecular formula is C36H58N6O2. The molecule has 0 saturated carbocycles. The number of nitrogens with zero attached hydrogens (tertiary/aromatic N) is 2. The van der Waals surface area contributed by atoms with Crippen LogP contribution in [-0.2, 0) is 22.4 Å². The summed E-state index contributed by atoms with van der Waals surface area (Å²) in [6.07, 6.45) is 4.50. The average molecular weight is 607 g/mol. The standard InChI is InChI=1S/C36H58N6O2/c1-24(2)17-32-23-41(35(43)33(38)20-29-12-10-25(3)18-27(29)5)31(9-7-8-15-40-16-14-37)22-42(32)36(44)34(39)21-30-13-11-26(4)19-28(30)6/h10-13,18-19,24,31-34,40H,7-9,14-17,20-23,37-39H2,1-6H3/t31-,32+,33+,34+/m0/s1. The maximum absolute atomic E-state index is 14.1. The highest BCUT2D eigenvalue weighted by Crippen LogP contribution is 2.26. The number of amides is 2. The molecule has 1 heterocycles. The molecule has 2 amide bonds. The summed E-state index contributed by atoms with van der Waals surface area (Å²) in [5.41, 5.74) is 25.8. The van der Waals surface area contributed by atoms with Crippen molar-refractivity contribution in [2.45, 2.75) is 104 Å². The van der Waals surface area contributed by atoms with E-state index in [9.17, 15) is 9.59 Å². The van der Waals surface area contributed by atoms with E-state index in [1.807, 2.05) is 9.80 Å². The average Bonchev–Trinajstić information content (AvgIpc) is 2.97. The van der Waals surface area contributed by atoms with E-state index in [1.165, 1.54) is 11.1 Å². The van der Waals surface area contributed by atoms with Gasteiger partial charge >= 0.3 is 0 Å². The van der Waals surface area contributed by atoms with Crippen molar-refractivity contribution in [3.63, 3.8) is 0 Å². The molecule has 8 heteroatoms. The van der Waals surface area contributed by atoms with Crippen molar-refractivity contribution in [2.75, 3.05) is 32.7 Å². The summed E-state index contributed by atoms with van der Waals surface area (Å²) < 4.78 is 0. The minimum Gasteiger partial charge on any atom is -0.335 e. The molecule has 3 rings (SSSR count). The Kier molecular flexibility index (Phi) is 13.8. The van der Waals surface area contributed by atoms with Gasteiger partial charge in [-0.2, -0.15) is 0 Å². The van der Waals surface area contributed by atoms with Gasteiger partial charge in [0.05, 0.1) is 12.1 Å². The molecule has 1 fully saturated rings. The Balaban J connectivity index is 1.82. The molecule has 244 valence electrons. The number of nitrogens with one attached hydrogen (secondary N) is 1. The zero-order chi connectivity index (χ0) is 32.4. The van der Waals surface area contributed by atoms with Crippen LogP contribution in [-0.4, -0.2) is 78.5 Å². The van der Waals surface area contributed by atoms with Crippen molar-refractivity contribution in [1.82, 2.24) is 15.1 Å². The van der Waals surface area contributed by atoms with E-state index in [-0.39, 0.29) is 23.9 Å². The van der Waals surface area contributed by atoms with Crippen LogP contribution in [0.5, 0.6) is 0 Å². The van der Waals surface area contributed by atoms with Crippen LogP contribution in [0.25, 0.3) is 0 Å². The molecule has 0 bridgehead atoms.